The molecule has 1 atom stereocenters. The molecule has 226 valence electrons. The number of alkyl halides is 3. The van der Waals surface area contributed by atoms with Crippen molar-refractivity contribution in [1.82, 2.24) is 10.2 Å². The summed E-state index contributed by atoms with van der Waals surface area (Å²) in [4.78, 5) is 27.7. The zero-order valence-electron chi connectivity index (χ0n) is 23.4. The van der Waals surface area contributed by atoms with Crippen LogP contribution in [-0.2, 0) is 32.3 Å². The summed E-state index contributed by atoms with van der Waals surface area (Å²) in [5, 5.41) is 1.88. The molecule has 0 bridgehead atoms. The first-order valence-electron chi connectivity index (χ1n) is 12.8. The molecule has 0 aromatic heterocycles. The summed E-state index contributed by atoms with van der Waals surface area (Å²) in [6.07, 6.45) is -4.71. The van der Waals surface area contributed by atoms with Crippen LogP contribution in [0.1, 0.15) is 30.0 Å². The summed E-state index contributed by atoms with van der Waals surface area (Å²) >= 11 is 5.80. The van der Waals surface area contributed by atoms with E-state index in [0.717, 1.165) is 17.7 Å². The molecule has 42 heavy (non-hydrogen) atoms. The first-order chi connectivity index (χ1) is 19.7. The normalized spacial score (nSPS) is 12.4. The highest BCUT2D eigenvalue weighted by Crippen LogP contribution is 2.38. The van der Waals surface area contributed by atoms with Crippen LogP contribution in [0.4, 0.5) is 18.9 Å². The predicted molar refractivity (Wildman–Crippen MR) is 154 cm³/mol. The van der Waals surface area contributed by atoms with Gasteiger partial charge in [-0.3, -0.25) is 13.9 Å². The first-order valence-corrected chi connectivity index (χ1v) is 14.6. The number of carbonyl (C=O) groups is 2. The van der Waals surface area contributed by atoms with Gasteiger partial charge in [-0.1, -0.05) is 48.4 Å². The van der Waals surface area contributed by atoms with Crippen LogP contribution in [0.5, 0.6) is 5.75 Å². The van der Waals surface area contributed by atoms with Gasteiger partial charge in [-0.05, 0) is 61.4 Å². The summed E-state index contributed by atoms with van der Waals surface area (Å²) in [5.74, 6) is -0.808. The molecule has 0 aliphatic rings. The molecule has 3 aromatic rings. The van der Waals surface area contributed by atoms with Crippen LogP contribution in [0, 0.1) is 6.92 Å². The van der Waals surface area contributed by atoms with Crippen molar-refractivity contribution in [2.75, 3.05) is 25.0 Å². The third-order valence-electron chi connectivity index (χ3n) is 6.55. The fraction of sp³-hybridized carbons (Fsp3) is 0.310. The van der Waals surface area contributed by atoms with Gasteiger partial charge in [0.1, 0.15) is 18.3 Å². The number of amides is 2. The lowest BCUT2D eigenvalue weighted by Crippen LogP contribution is -2.51. The van der Waals surface area contributed by atoms with Crippen molar-refractivity contribution in [3.8, 4) is 5.75 Å². The fourth-order valence-electron chi connectivity index (χ4n) is 4.31. The van der Waals surface area contributed by atoms with Gasteiger partial charge in [-0.25, -0.2) is 8.42 Å². The molecule has 1 N–H and O–H groups in total. The average molecular weight is 626 g/mol. The number of sulfonamides is 1. The van der Waals surface area contributed by atoms with Gasteiger partial charge >= 0.3 is 6.18 Å². The molecule has 0 saturated carbocycles. The highest BCUT2D eigenvalue weighted by Gasteiger charge is 2.37. The van der Waals surface area contributed by atoms with Crippen molar-refractivity contribution >= 4 is 39.1 Å². The lowest BCUT2D eigenvalue weighted by atomic mass is 10.1. The van der Waals surface area contributed by atoms with E-state index < -0.39 is 56.9 Å². The summed E-state index contributed by atoms with van der Waals surface area (Å²) in [6.45, 7) is 2.43. The number of likely N-dealkylation sites (N-methyl/N-ethyl adjacent to an activating group) is 1. The first kappa shape index (κ1) is 32.7. The van der Waals surface area contributed by atoms with E-state index in [1.165, 1.54) is 43.3 Å². The number of methoxy groups -OCH3 is 1. The minimum absolute atomic E-state index is 0.102. The number of anilines is 1. The van der Waals surface area contributed by atoms with Gasteiger partial charge in [0.15, 0.2) is 0 Å². The zero-order valence-corrected chi connectivity index (χ0v) is 25.0. The third kappa shape index (κ3) is 7.54. The number of ether oxygens (including phenoxy) is 1. The van der Waals surface area contributed by atoms with Crippen LogP contribution in [0.3, 0.4) is 0 Å². The Morgan fingerprint density at radius 2 is 1.71 bits per heavy atom. The lowest BCUT2D eigenvalue weighted by molar-refractivity contribution is -0.140. The molecule has 0 aliphatic heterocycles. The van der Waals surface area contributed by atoms with Crippen molar-refractivity contribution in [1.29, 1.82) is 0 Å². The molecule has 0 fully saturated rings. The van der Waals surface area contributed by atoms with Gasteiger partial charge in [0, 0.05) is 13.6 Å². The third-order valence-corrected chi connectivity index (χ3v) is 8.67. The minimum Gasteiger partial charge on any atom is -0.497 e. The number of nitrogens with zero attached hydrogens (tertiary/aromatic N) is 2. The molecule has 2 amide bonds. The lowest BCUT2D eigenvalue weighted by Gasteiger charge is -2.33. The van der Waals surface area contributed by atoms with Gasteiger partial charge in [0.25, 0.3) is 10.0 Å². The van der Waals surface area contributed by atoms with Crippen LogP contribution in [0.15, 0.2) is 71.6 Å². The van der Waals surface area contributed by atoms with Crippen LogP contribution in [-0.4, -0.2) is 51.9 Å². The van der Waals surface area contributed by atoms with E-state index in [2.05, 4.69) is 5.32 Å². The van der Waals surface area contributed by atoms with E-state index in [-0.39, 0.29) is 17.9 Å². The number of hydrogen-bond acceptors (Lipinski definition) is 5. The second-order valence-electron chi connectivity index (χ2n) is 9.40. The van der Waals surface area contributed by atoms with Crippen LogP contribution in [0.25, 0.3) is 0 Å². The summed E-state index contributed by atoms with van der Waals surface area (Å²) in [7, 11) is -1.69. The molecule has 3 rings (SSSR count). The molecule has 3 aromatic carbocycles. The van der Waals surface area contributed by atoms with Gasteiger partial charge in [-0.15, -0.1) is 0 Å². The Kier molecular flexibility index (Phi) is 10.5. The second-order valence-corrected chi connectivity index (χ2v) is 11.7. The number of aryl methyl sites for hydroxylation is 1. The van der Waals surface area contributed by atoms with E-state index in [0.29, 0.717) is 21.7 Å². The molecular weight excluding hydrogens is 595 g/mol. The molecule has 8 nitrogen and oxygen atoms in total. The van der Waals surface area contributed by atoms with Gasteiger partial charge < -0.3 is 15.0 Å². The molecule has 0 saturated heterocycles. The largest absolute Gasteiger partial charge is 0.497 e. The van der Waals surface area contributed by atoms with E-state index in [1.54, 1.807) is 38.1 Å². The van der Waals surface area contributed by atoms with E-state index in [1.807, 2.05) is 0 Å². The number of nitrogens with one attached hydrogen (secondary N) is 1. The number of hydrogen-bond donors (Lipinski definition) is 1. The Hall–Kier alpha value is -3.77. The van der Waals surface area contributed by atoms with Crippen LogP contribution >= 0.6 is 11.6 Å². The molecule has 0 unspecified atom stereocenters. The topological polar surface area (TPSA) is 96.0 Å². The van der Waals surface area contributed by atoms with Gasteiger partial charge in [-0.2, -0.15) is 13.2 Å². The molecule has 13 heteroatoms. The average Bonchev–Trinajstić information content (AvgIpc) is 2.95. The smallest absolute Gasteiger partial charge is 0.417 e. The Labute approximate surface area is 248 Å². The number of benzene rings is 3. The maximum Gasteiger partial charge on any atom is 0.417 e. The van der Waals surface area contributed by atoms with E-state index in [4.69, 9.17) is 16.3 Å². The molecule has 0 aliphatic carbocycles. The van der Waals surface area contributed by atoms with Gasteiger partial charge in [0.05, 0.1) is 28.3 Å². The maximum absolute atomic E-state index is 13.9. The van der Waals surface area contributed by atoms with Crippen molar-refractivity contribution < 1.29 is 35.9 Å². The Morgan fingerprint density at radius 1 is 1.05 bits per heavy atom. The van der Waals surface area contributed by atoms with Crippen molar-refractivity contribution in [2.24, 2.45) is 0 Å². The number of halogens is 4. The fourth-order valence-corrected chi connectivity index (χ4v) is 5.94. The Balaban J connectivity index is 2.15. The van der Waals surface area contributed by atoms with Crippen molar-refractivity contribution in [2.45, 2.75) is 43.9 Å². The summed E-state index contributed by atoms with van der Waals surface area (Å²) < 4.78 is 74.8. The van der Waals surface area contributed by atoms with Crippen LogP contribution < -0.4 is 14.4 Å². The second kappa shape index (κ2) is 13.5. The standard InChI is InChI=1S/C29H31ClF3N3O5S/c1-5-26(28(38)34-3)35(17-20-7-6-8-22(15-20)41-4)27(37)18-36(42(39,40)23-12-9-19(2)10-13-23)21-11-14-25(30)24(16-21)29(31,32)33/h6-16,26H,5,17-18H2,1-4H3,(H,34,38)/t26-/m0/s1. The van der Waals surface area contributed by atoms with Crippen LogP contribution in [0.2, 0.25) is 5.02 Å². The Morgan fingerprint density at radius 3 is 2.29 bits per heavy atom. The number of carbonyl (C=O) groups excluding carboxylic acids is 2. The van der Waals surface area contributed by atoms with Gasteiger partial charge in [0.2, 0.25) is 11.8 Å². The molecule has 0 spiro atoms. The predicted octanol–water partition coefficient (Wildman–Crippen LogP) is 5.42. The SMILES string of the molecule is CC[C@@H](C(=O)NC)N(Cc1cccc(OC)c1)C(=O)CN(c1ccc(Cl)c(C(F)(F)F)c1)S(=O)(=O)c1ccc(C)cc1. The molecular formula is C29H31ClF3N3O5S. The zero-order chi connectivity index (χ0) is 31.2. The quantitative estimate of drug-likeness (QED) is 0.307. The maximum atomic E-state index is 13.9. The monoisotopic (exact) mass is 625 g/mol. The van der Waals surface area contributed by atoms with Crippen molar-refractivity contribution in [3.05, 3.63) is 88.4 Å². The summed E-state index contributed by atoms with van der Waals surface area (Å²) in [5.41, 5.74) is -0.342. The molecule has 0 heterocycles. The van der Waals surface area contributed by atoms with E-state index in [9.17, 15) is 31.2 Å². The highest BCUT2D eigenvalue weighted by molar-refractivity contribution is 7.92. The highest BCUT2D eigenvalue weighted by atomic mass is 35.5. The summed E-state index contributed by atoms with van der Waals surface area (Å²) in [6, 6.07) is 14.0. The van der Waals surface area contributed by atoms with Crippen molar-refractivity contribution in [3.63, 3.8) is 0 Å². The Bertz CT molecular complexity index is 1530. The van der Waals surface area contributed by atoms with E-state index >= 15 is 0 Å². The molecule has 0 radical (unpaired) electrons. The minimum atomic E-state index is -4.89. The number of rotatable bonds is 11.